The largest absolute Gasteiger partial charge is 0.486 e. The van der Waals surface area contributed by atoms with Crippen LogP contribution in [0, 0.1) is 0 Å². The third-order valence-corrected chi connectivity index (χ3v) is 6.53. The number of piperidine rings is 1. The van der Waals surface area contributed by atoms with Gasteiger partial charge >= 0.3 is 6.03 Å². The number of carbonyl (C=O) groups excluding carboxylic acids is 1. The molecule has 1 saturated heterocycles. The van der Waals surface area contributed by atoms with Crippen LogP contribution in [0.3, 0.4) is 0 Å². The van der Waals surface area contributed by atoms with E-state index in [2.05, 4.69) is 20.6 Å². The highest BCUT2D eigenvalue weighted by Gasteiger charge is 2.27. The molecular formula is C25H25N7O4. The number of hydrogen-bond acceptors (Lipinski definition) is 7. The lowest BCUT2D eigenvalue weighted by atomic mass is 9.96. The van der Waals surface area contributed by atoms with Crippen LogP contribution in [0.1, 0.15) is 30.1 Å². The van der Waals surface area contributed by atoms with Crippen molar-refractivity contribution in [2.24, 2.45) is 0 Å². The van der Waals surface area contributed by atoms with E-state index in [1.54, 1.807) is 27.8 Å². The van der Waals surface area contributed by atoms with E-state index in [4.69, 9.17) is 14.5 Å². The summed E-state index contributed by atoms with van der Waals surface area (Å²) in [4.78, 5) is 34.9. The van der Waals surface area contributed by atoms with Crippen LogP contribution < -0.4 is 20.3 Å². The number of carbonyl (C=O) groups is 1. The zero-order valence-electron chi connectivity index (χ0n) is 19.5. The number of amides is 2. The summed E-state index contributed by atoms with van der Waals surface area (Å²) in [5, 5.41) is 11.1. The Hall–Kier alpha value is -4.41. The average Bonchev–Trinajstić information content (AvgIpc) is 3.32. The molecule has 0 saturated carbocycles. The fraction of sp³-hybridized carbons (Fsp3) is 0.320. The summed E-state index contributed by atoms with van der Waals surface area (Å²) in [7, 11) is 0. The normalized spacial score (nSPS) is 15.7. The lowest BCUT2D eigenvalue weighted by Crippen LogP contribution is -2.41. The summed E-state index contributed by atoms with van der Waals surface area (Å²) in [6.07, 6.45) is 1.37. The van der Waals surface area contributed by atoms with Gasteiger partial charge in [-0.3, -0.25) is 4.79 Å². The number of nitrogens with one attached hydrogen (secondary N) is 2. The van der Waals surface area contributed by atoms with E-state index >= 15 is 0 Å². The first-order chi connectivity index (χ1) is 17.6. The Morgan fingerprint density at radius 2 is 1.83 bits per heavy atom. The van der Waals surface area contributed by atoms with Gasteiger partial charge in [0.1, 0.15) is 19.0 Å². The predicted octanol–water partition coefficient (Wildman–Crippen LogP) is 2.75. The topological polar surface area (TPSA) is 127 Å². The van der Waals surface area contributed by atoms with Crippen molar-refractivity contribution in [1.29, 1.82) is 0 Å². The zero-order chi connectivity index (χ0) is 24.5. The van der Waals surface area contributed by atoms with Gasteiger partial charge in [-0.2, -0.15) is 0 Å². The molecule has 4 aromatic rings. The van der Waals surface area contributed by atoms with Crippen molar-refractivity contribution in [3.8, 4) is 11.5 Å². The van der Waals surface area contributed by atoms with Crippen molar-refractivity contribution in [1.82, 2.24) is 29.9 Å². The van der Waals surface area contributed by atoms with Gasteiger partial charge in [0.25, 0.3) is 5.56 Å². The van der Waals surface area contributed by atoms with E-state index in [0.29, 0.717) is 74.3 Å². The van der Waals surface area contributed by atoms with Crippen LogP contribution in [0.2, 0.25) is 0 Å². The number of H-pyrrole nitrogens is 1. The molecule has 0 bridgehead atoms. The molecule has 0 spiro atoms. The SMILES string of the molecule is O=C(Nc1ccc2c(c1)OCCO2)N1CCC(c2nc3c(nnn3Cc3ccccc3)c(=O)[nH]2)CC1. The highest BCUT2D eigenvalue weighted by Crippen LogP contribution is 2.33. The number of nitrogens with zero attached hydrogens (tertiary/aromatic N) is 5. The van der Waals surface area contributed by atoms with E-state index in [1.165, 1.54) is 0 Å². The minimum Gasteiger partial charge on any atom is -0.486 e. The van der Waals surface area contributed by atoms with E-state index in [1.807, 2.05) is 30.3 Å². The number of anilines is 1. The molecule has 2 aliphatic heterocycles. The van der Waals surface area contributed by atoms with Gasteiger partial charge in [-0.1, -0.05) is 35.5 Å². The van der Waals surface area contributed by atoms with Gasteiger partial charge < -0.3 is 24.7 Å². The van der Waals surface area contributed by atoms with Crippen molar-refractivity contribution >= 4 is 22.9 Å². The van der Waals surface area contributed by atoms with Crippen LogP contribution in [-0.2, 0) is 6.54 Å². The van der Waals surface area contributed by atoms with Crippen LogP contribution in [0.5, 0.6) is 11.5 Å². The molecule has 0 atom stereocenters. The average molecular weight is 488 g/mol. The monoisotopic (exact) mass is 487 g/mol. The van der Waals surface area contributed by atoms with Crippen LogP contribution in [0.4, 0.5) is 10.5 Å². The van der Waals surface area contributed by atoms with Gasteiger partial charge in [0.05, 0.1) is 6.54 Å². The Morgan fingerprint density at radius 1 is 1.06 bits per heavy atom. The van der Waals surface area contributed by atoms with Gasteiger partial charge in [-0.25, -0.2) is 14.5 Å². The molecule has 0 radical (unpaired) electrons. The molecule has 1 fully saturated rings. The van der Waals surface area contributed by atoms with Crippen LogP contribution >= 0.6 is 0 Å². The van der Waals surface area contributed by atoms with Gasteiger partial charge in [-0.05, 0) is 30.5 Å². The molecule has 2 aromatic heterocycles. The number of fused-ring (bicyclic) bond motifs is 2. The fourth-order valence-electron chi connectivity index (χ4n) is 4.62. The molecule has 2 aromatic carbocycles. The van der Waals surface area contributed by atoms with Gasteiger partial charge in [0.2, 0.25) is 0 Å². The maximum Gasteiger partial charge on any atom is 0.321 e. The van der Waals surface area contributed by atoms with E-state index in [-0.39, 0.29) is 23.0 Å². The predicted molar refractivity (Wildman–Crippen MR) is 131 cm³/mol. The molecule has 4 heterocycles. The third-order valence-electron chi connectivity index (χ3n) is 6.53. The molecule has 11 nitrogen and oxygen atoms in total. The third kappa shape index (κ3) is 4.35. The maximum absolute atomic E-state index is 12.8. The minimum atomic E-state index is -0.298. The second-order valence-electron chi connectivity index (χ2n) is 8.91. The highest BCUT2D eigenvalue weighted by atomic mass is 16.6. The Bertz CT molecular complexity index is 1460. The smallest absolute Gasteiger partial charge is 0.321 e. The molecule has 184 valence electrons. The Kier molecular flexibility index (Phi) is 5.72. The quantitative estimate of drug-likeness (QED) is 0.453. The molecule has 2 amide bonds. The zero-order valence-corrected chi connectivity index (χ0v) is 19.5. The highest BCUT2D eigenvalue weighted by molar-refractivity contribution is 5.89. The standard InChI is InChI=1S/C25H25N7O4/c33-24-21-23(32(30-29-21)15-16-4-2-1-3-5-16)27-22(28-24)17-8-10-31(11-9-17)25(34)26-18-6-7-19-20(14-18)36-13-12-35-19/h1-7,14,17H,8-13,15H2,(H,26,34)(H,27,28,33). The van der Waals surface area contributed by atoms with Crippen LogP contribution in [0.15, 0.2) is 53.3 Å². The molecule has 36 heavy (non-hydrogen) atoms. The van der Waals surface area contributed by atoms with E-state index in [9.17, 15) is 9.59 Å². The second-order valence-corrected chi connectivity index (χ2v) is 8.91. The lowest BCUT2D eigenvalue weighted by molar-refractivity contribution is 0.171. The van der Waals surface area contributed by atoms with Crippen molar-refractivity contribution < 1.29 is 14.3 Å². The minimum absolute atomic E-state index is 0.0283. The Balaban J connectivity index is 1.13. The van der Waals surface area contributed by atoms with E-state index in [0.717, 1.165) is 5.56 Å². The van der Waals surface area contributed by atoms with Crippen molar-refractivity contribution in [2.45, 2.75) is 25.3 Å². The number of aromatic nitrogens is 5. The van der Waals surface area contributed by atoms with Crippen molar-refractivity contribution in [3.05, 3.63) is 70.3 Å². The molecule has 2 N–H and O–H groups in total. The first kappa shape index (κ1) is 22.1. The molecule has 0 aliphatic carbocycles. The molecule has 11 heteroatoms. The van der Waals surface area contributed by atoms with Gasteiger partial charge in [0, 0.05) is 30.8 Å². The molecule has 6 rings (SSSR count). The molecule has 0 unspecified atom stereocenters. The Morgan fingerprint density at radius 3 is 2.64 bits per heavy atom. The number of benzene rings is 2. The number of likely N-dealkylation sites (tertiary alicyclic amines) is 1. The number of aromatic amines is 1. The van der Waals surface area contributed by atoms with Crippen molar-refractivity contribution in [2.75, 3.05) is 31.6 Å². The first-order valence-corrected chi connectivity index (χ1v) is 12.0. The van der Waals surface area contributed by atoms with Crippen LogP contribution in [-0.4, -0.2) is 62.2 Å². The van der Waals surface area contributed by atoms with Crippen LogP contribution in [0.25, 0.3) is 11.2 Å². The summed E-state index contributed by atoms with van der Waals surface area (Å²) in [6, 6.07) is 15.0. The van der Waals surface area contributed by atoms with Gasteiger partial charge in [0.15, 0.2) is 22.7 Å². The first-order valence-electron chi connectivity index (χ1n) is 12.0. The van der Waals surface area contributed by atoms with Gasteiger partial charge in [-0.15, -0.1) is 5.10 Å². The summed E-state index contributed by atoms with van der Waals surface area (Å²) >= 11 is 0. The van der Waals surface area contributed by atoms with E-state index < -0.39 is 0 Å². The summed E-state index contributed by atoms with van der Waals surface area (Å²) in [6.45, 7) is 2.58. The fourth-order valence-corrected chi connectivity index (χ4v) is 4.62. The summed E-state index contributed by atoms with van der Waals surface area (Å²) < 4.78 is 12.8. The molecular weight excluding hydrogens is 462 g/mol. The number of rotatable bonds is 4. The summed E-state index contributed by atoms with van der Waals surface area (Å²) in [5.41, 5.74) is 2.10. The molecule has 2 aliphatic rings. The number of urea groups is 1. The maximum atomic E-state index is 12.8. The number of ether oxygens (including phenoxy) is 2. The Labute approximate surface area is 206 Å². The lowest BCUT2D eigenvalue weighted by Gasteiger charge is -2.31. The summed E-state index contributed by atoms with van der Waals surface area (Å²) in [5.74, 6) is 1.94. The van der Waals surface area contributed by atoms with Crippen molar-refractivity contribution in [3.63, 3.8) is 0 Å². The number of hydrogen-bond donors (Lipinski definition) is 2. The second kappa shape index (κ2) is 9.33.